The number of hydrogen-bond acceptors (Lipinski definition) is 17. The maximum absolute atomic E-state index is 14.6. The van der Waals surface area contributed by atoms with Crippen LogP contribution < -0.4 is 25.6 Å². The summed E-state index contributed by atoms with van der Waals surface area (Å²) in [5, 5.41) is 20.5. The van der Waals surface area contributed by atoms with Crippen LogP contribution in [-0.2, 0) is 39.0 Å². The zero-order valence-corrected chi connectivity index (χ0v) is 65.0. The first-order chi connectivity index (χ1) is 50.2. The standard InChI is InChI=1S/C78H96ClF3N10O10S4/c1-50(52-18-20-54(21-19-52)71-51(2)83-49-104-71)84-74(97)67-41-62(93)47-92(67)75(98)72(76(3,4)5)86-69(94)16-12-9-13-17-70(95)91-46-60-40-61(91)45-90(60)35-33-58(48-103-63-14-10-8-11-15-63)85-66-31-30-64(42-68(66)105(99,100)78(80,81)82)106(101,102)87-73(96)55-24-28-59(29-25-55)89-38-36-88(37-39-89)44-56-43-77(6,7)34-32-65(56)53-22-26-57(79)27-23-53/h8,10-11,14-15,18-31,42,49-50,58,60-62,67,72,85,93H,9,12-13,16-17,32-41,43-48H2,1-7H3,(H,84,97)(H,86,94)(H,87,96)/t50-,58+,60-,61-,62+,67-,72+/m0/s1. The fourth-order valence-electron chi connectivity index (χ4n) is 15.1. The van der Waals surface area contributed by atoms with Crippen molar-refractivity contribution in [3.8, 4) is 10.4 Å². The number of nitrogens with zero attached hydrogens (tertiary/aromatic N) is 6. The van der Waals surface area contributed by atoms with Gasteiger partial charge in [-0.05, 0) is 159 Å². The number of carbonyl (C=O) groups is 5. The molecule has 4 aliphatic heterocycles. The third kappa shape index (κ3) is 19.5. The fourth-order valence-corrected chi connectivity index (χ4v) is 19.1. The first-order valence-electron chi connectivity index (χ1n) is 36.3. The summed E-state index contributed by atoms with van der Waals surface area (Å²) in [4.78, 5) is 83.2. The van der Waals surface area contributed by atoms with E-state index in [0.717, 1.165) is 83.3 Å². The van der Waals surface area contributed by atoms with Crippen LogP contribution in [-0.4, -0.2) is 183 Å². The van der Waals surface area contributed by atoms with Gasteiger partial charge in [0, 0.05) is 123 Å². The Kier molecular flexibility index (Phi) is 25.3. The lowest BCUT2D eigenvalue weighted by molar-refractivity contribution is -0.144. The number of piperazine rings is 2. The second-order valence-electron chi connectivity index (χ2n) is 30.6. The van der Waals surface area contributed by atoms with Gasteiger partial charge < -0.3 is 35.8 Å². The monoisotopic (exact) mass is 1550 g/mol. The molecule has 6 aromatic rings. The highest BCUT2D eigenvalue weighted by atomic mass is 35.5. The Labute approximate surface area is 633 Å². The Morgan fingerprint density at radius 2 is 1.48 bits per heavy atom. The van der Waals surface area contributed by atoms with E-state index in [2.05, 4.69) is 61.6 Å². The Morgan fingerprint density at radius 1 is 0.792 bits per heavy atom. The number of alkyl halides is 3. The van der Waals surface area contributed by atoms with Crippen LogP contribution in [0.3, 0.4) is 0 Å². The molecule has 1 aromatic heterocycles. The zero-order valence-electron chi connectivity index (χ0n) is 61.0. The summed E-state index contributed by atoms with van der Waals surface area (Å²) in [7, 11) is -11.1. The van der Waals surface area contributed by atoms with Gasteiger partial charge in [0.15, 0.2) is 0 Å². The number of carbonyl (C=O) groups excluding carboxylic acids is 5. The van der Waals surface area contributed by atoms with E-state index >= 15 is 0 Å². The van der Waals surface area contributed by atoms with Gasteiger partial charge in [-0.15, -0.1) is 23.1 Å². The summed E-state index contributed by atoms with van der Waals surface area (Å²) in [5.41, 5.74) is 2.53. The number of nitrogens with one attached hydrogen (secondary N) is 4. The summed E-state index contributed by atoms with van der Waals surface area (Å²) >= 11 is 9.18. The Balaban J connectivity index is 0.653. The highest BCUT2D eigenvalue weighted by molar-refractivity contribution is 7.99. The number of aryl methyl sites for hydroxylation is 1. The van der Waals surface area contributed by atoms with E-state index in [-0.39, 0.29) is 66.4 Å². The highest BCUT2D eigenvalue weighted by Crippen LogP contribution is 2.44. The number of aromatic nitrogens is 1. The van der Waals surface area contributed by atoms with Crippen LogP contribution in [0.1, 0.15) is 145 Å². The van der Waals surface area contributed by atoms with Gasteiger partial charge >= 0.3 is 5.51 Å². The molecule has 11 rings (SSSR count). The van der Waals surface area contributed by atoms with E-state index in [9.17, 15) is 59.1 Å². The molecule has 28 heteroatoms. The Hall–Kier alpha value is -7.37. The quantitative estimate of drug-likeness (QED) is 0.0226. The number of rotatable bonds is 28. The molecular formula is C78H96ClF3N10O10S4. The predicted octanol–water partition coefficient (Wildman–Crippen LogP) is 12.5. The maximum Gasteiger partial charge on any atom is 0.501 e. The topological polar surface area (TPSA) is 251 Å². The number of likely N-dealkylation sites (tertiary alicyclic amines) is 3. The predicted molar refractivity (Wildman–Crippen MR) is 410 cm³/mol. The third-order valence-electron chi connectivity index (χ3n) is 21.1. The average molecular weight is 1550 g/mol. The van der Waals surface area contributed by atoms with Crippen LogP contribution in [0.25, 0.3) is 16.0 Å². The van der Waals surface area contributed by atoms with Crippen molar-refractivity contribution < 1.29 is 59.1 Å². The van der Waals surface area contributed by atoms with Crippen LogP contribution >= 0.6 is 34.7 Å². The van der Waals surface area contributed by atoms with E-state index in [1.807, 2.05) is 111 Å². The van der Waals surface area contributed by atoms with Crippen LogP contribution in [0.2, 0.25) is 5.02 Å². The molecular weight excluding hydrogens is 1460 g/mol. The molecule has 1 aliphatic carbocycles. The molecule has 106 heavy (non-hydrogen) atoms. The number of benzene rings is 5. The van der Waals surface area contributed by atoms with Crippen LogP contribution in [0.4, 0.5) is 24.5 Å². The first kappa shape index (κ1) is 79.7. The van der Waals surface area contributed by atoms with Crippen LogP contribution in [0.5, 0.6) is 0 Å². The van der Waals surface area contributed by atoms with E-state index in [1.165, 1.54) is 45.5 Å². The Morgan fingerprint density at radius 3 is 2.13 bits per heavy atom. The molecule has 2 bridgehead atoms. The fraction of sp³-hybridized carbons (Fsp3) is 0.487. The van der Waals surface area contributed by atoms with Crippen molar-refractivity contribution >= 4 is 101 Å². The number of aliphatic hydroxyl groups is 1. The van der Waals surface area contributed by atoms with E-state index < -0.39 is 94.3 Å². The van der Waals surface area contributed by atoms with Crippen molar-refractivity contribution in [1.29, 1.82) is 0 Å². The van der Waals surface area contributed by atoms with Crippen LogP contribution in [0, 0.1) is 17.8 Å². The average Bonchev–Trinajstić information content (AvgIpc) is 0.776. The molecule has 5 aliphatic rings. The summed E-state index contributed by atoms with van der Waals surface area (Å²) in [6, 6.07) is 30.8. The van der Waals surface area contributed by atoms with Crippen molar-refractivity contribution in [3.63, 3.8) is 0 Å². The van der Waals surface area contributed by atoms with Crippen molar-refractivity contribution in [2.24, 2.45) is 10.8 Å². The molecule has 4 fully saturated rings. The lowest BCUT2D eigenvalue weighted by atomic mass is 9.73. The molecule has 0 unspecified atom stereocenters. The highest BCUT2D eigenvalue weighted by Gasteiger charge is 2.50. The number of allylic oxidation sites excluding steroid dienone is 1. The van der Waals surface area contributed by atoms with Gasteiger partial charge in [0.25, 0.3) is 25.8 Å². The van der Waals surface area contributed by atoms with Crippen LogP contribution in [0.15, 0.2) is 147 Å². The minimum atomic E-state index is -6.19. The second kappa shape index (κ2) is 33.6. The van der Waals surface area contributed by atoms with Gasteiger partial charge in [0.05, 0.1) is 38.8 Å². The molecule has 5 aromatic carbocycles. The Bertz CT molecular complexity index is 4400. The number of hydrogen-bond donors (Lipinski definition) is 5. The van der Waals surface area contributed by atoms with Crippen molar-refractivity contribution in [2.75, 3.05) is 74.9 Å². The number of anilines is 2. The molecule has 5 amide bonds. The number of β-amino-alcohol motifs (C(OH)–C–C–N with tert-alkyl or cyclic N) is 1. The normalized spacial score (nSPS) is 20.3. The molecule has 0 saturated carbocycles. The molecule has 570 valence electrons. The molecule has 5 N–H and O–H groups in total. The van der Waals surface area contributed by atoms with Gasteiger partial charge in [-0.25, -0.2) is 26.5 Å². The van der Waals surface area contributed by atoms with Gasteiger partial charge in [-0.3, -0.25) is 33.8 Å². The van der Waals surface area contributed by atoms with Gasteiger partial charge in [-0.1, -0.05) is 113 Å². The number of aliphatic hydroxyl groups excluding tert-OH is 1. The summed E-state index contributed by atoms with van der Waals surface area (Å²) in [5.74, 6) is -2.04. The number of sulfone groups is 1. The molecule has 5 heterocycles. The van der Waals surface area contributed by atoms with Crippen molar-refractivity contribution in [2.45, 2.75) is 182 Å². The van der Waals surface area contributed by atoms with Gasteiger partial charge in [-0.2, -0.15) is 13.2 Å². The number of sulfonamides is 1. The van der Waals surface area contributed by atoms with Gasteiger partial charge in [0.2, 0.25) is 23.6 Å². The minimum Gasteiger partial charge on any atom is -0.391 e. The number of thiazole rings is 1. The number of amides is 5. The zero-order chi connectivity index (χ0) is 76.0. The van der Waals surface area contributed by atoms with Gasteiger partial charge in [0.1, 0.15) is 17.0 Å². The summed E-state index contributed by atoms with van der Waals surface area (Å²) < 4.78 is 101. The largest absolute Gasteiger partial charge is 0.501 e. The first-order valence-corrected chi connectivity index (χ1v) is 41.5. The lowest BCUT2D eigenvalue weighted by Gasteiger charge is -2.39. The molecule has 4 saturated heterocycles. The third-order valence-corrected chi connectivity index (χ3v) is 26.3. The minimum absolute atomic E-state index is 0.0165. The van der Waals surface area contributed by atoms with E-state index in [4.69, 9.17) is 11.6 Å². The molecule has 20 nitrogen and oxygen atoms in total. The van der Waals surface area contributed by atoms with Crippen molar-refractivity contribution in [1.82, 2.24) is 39.9 Å². The number of unbranched alkanes of at least 4 members (excludes halogenated alkanes) is 2. The number of thioether (sulfide) groups is 1. The number of halogens is 4. The van der Waals surface area contributed by atoms with Crippen molar-refractivity contribution in [3.05, 3.63) is 160 Å². The maximum atomic E-state index is 14.6. The summed E-state index contributed by atoms with van der Waals surface area (Å²) in [6.07, 6.45) is 5.10. The van der Waals surface area contributed by atoms with E-state index in [0.29, 0.717) is 75.9 Å². The second-order valence-corrected chi connectivity index (χ2v) is 36.5. The van der Waals surface area contributed by atoms with E-state index in [1.54, 1.807) is 29.0 Å². The molecule has 0 radical (unpaired) electrons. The summed E-state index contributed by atoms with van der Waals surface area (Å²) in [6.45, 7) is 19.1. The SMILES string of the molecule is Cc1ncsc1-c1ccc([C@H](C)NC(=O)[C@@H]2C[C@@H](O)CN2C(=O)[C@@H](NC(=O)CCCCCC(=O)N2C[C@@H]3C[C@H]2CN3CC[C@H](CSc2ccccc2)Nc2ccc(S(=O)(=O)NC(=O)c3ccc(N4CCN(CC5=C(c6ccc(Cl)cc6)CCC(C)(C)C5)CC4)cc3)cc2S(=O)(=O)C(F)(F)F)C(C)(C)C)cc1. The molecule has 7 atom stereocenters. The number of fused-ring (bicyclic) bond motifs is 2. The molecule has 0 spiro atoms. The smallest absolute Gasteiger partial charge is 0.391 e. The lowest BCUT2D eigenvalue weighted by Crippen LogP contribution is -2.57.